The highest BCUT2D eigenvalue weighted by Crippen LogP contribution is 2.45. The molecule has 0 bridgehead atoms. The zero-order chi connectivity index (χ0) is 13.3. The molecule has 1 aliphatic carbocycles. The number of rotatable bonds is 4. The van der Waals surface area contributed by atoms with Crippen molar-refractivity contribution in [2.24, 2.45) is 17.8 Å². The number of hydrogen-bond acceptors (Lipinski definition) is 2. The molecule has 3 heteroatoms. The molecule has 0 aromatic carbocycles. The second kappa shape index (κ2) is 5.14. The normalized spacial score (nSPS) is 32.5. The topological polar surface area (TPSA) is 37.4 Å². The van der Waals surface area contributed by atoms with Crippen molar-refractivity contribution in [3.8, 4) is 12.3 Å². The molecule has 1 heterocycles. The molecule has 2 aliphatic rings. The zero-order valence-electron chi connectivity index (χ0n) is 11.2. The van der Waals surface area contributed by atoms with Crippen LogP contribution >= 0.6 is 0 Å². The minimum absolute atomic E-state index is 0.0306. The van der Waals surface area contributed by atoms with Crippen LogP contribution in [0.25, 0.3) is 0 Å². The first kappa shape index (κ1) is 13.1. The molecule has 18 heavy (non-hydrogen) atoms. The molecular formula is C15H21NO2. The van der Waals surface area contributed by atoms with E-state index < -0.39 is 0 Å². The zero-order valence-corrected chi connectivity index (χ0v) is 11.2. The number of nitrogens with zero attached hydrogens (tertiary/aromatic N) is 1. The van der Waals surface area contributed by atoms with Gasteiger partial charge in [-0.1, -0.05) is 20.3 Å². The first-order valence-corrected chi connectivity index (χ1v) is 6.94. The van der Waals surface area contributed by atoms with Crippen LogP contribution in [0.1, 0.15) is 46.0 Å². The van der Waals surface area contributed by atoms with E-state index in [9.17, 15) is 9.59 Å². The summed E-state index contributed by atoms with van der Waals surface area (Å²) < 4.78 is 0. The highest BCUT2D eigenvalue weighted by molar-refractivity contribution is 6.05. The molecule has 0 aromatic heterocycles. The molecule has 3 atom stereocenters. The largest absolute Gasteiger partial charge is 0.278 e. The number of imide groups is 1. The number of carbonyl (C=O) groups is 2. The molecule has 3 nitrogen and oxygen atoms in total. The Kier molecular flexibility index (Phi) is 3.75. The van der Waals surface area contributed by atoms with Crippen LogP contribution in [0.4, 0.5) is 0 Å². The van der Waals surface area contributed by atoms with Gasteiger partial charge in [0.15, 0.2) is 0 Å². The Morgan fingerprint density at radius 2 is 1.83 bits per heavy atom. The van der Waals surface area contributed by atoms with Crippen molar-refractivity contribution in [3.05, 3.63) is 0 Å². The Morgan fingerprint density at radius 1 is 1.28 bits per heavy atom. The fraction of sp³-hybridized carbons (Fsp3) is 0.733. The van der Waals surface area contributed by atoms with Gasteiger partial charge in [-0.3, -0.25) is 14.5 Å². The summed E-state index contributed by atoms with van der Waals surface area (Å²) in [5.41, 5.74) is 0. The van der Waals surface area contributed by atoms with E-state index in [2.05, 4.69) is 12.8 Å². The van der Waals surface area contributed by atoms with Crippen molar-refractivity contribution in [2.75, 3.05) is 0 Å². The van der Waals surface area contributed by atoms with Crippen molar-refractivity contribution in [2.45, 2.75) is 52.0 Å². The van der Waals surface area contributed by atoms with Crippen molar-refractivity contribution in [1.82, 2.24) is 4.90 Å². The van der Waals surface area contributed by atoms with Gasteiger partial charge in [-0.15, -0.1) is 12.3 Å². The lowest BCUT2D eigenvalue weighted by Crippen LogP contribution is -2.41. The molecule has 0 spiro atoms. The van der Waals surface area contributed by atoms with Crippen LogP contribution in [0, 0.1) is 30.1 Å². The summed E-state index contributed by atoms with van der Waals surface area (Å²) in [4.78, 5) is 26.2. The highest BCUT2D eigenvalue weighted by atomic mass is 16.2. The van der Waals surface area contributed by atoms with Gasteiger partial charge in [0.2, 0.25) is 11.8 Å². The van der Waals surface area contributed by atoms with E-state index in [0.717, 1.165) is 25.7 Å². The molecule has 2 rings (SSSR count). The highest BCUT2D eigenvalue weighted by Gasteiger charge is 2.53. The average Bonchev–Trinajstić information content (AvgIpc) is 2.89. The summed E-state index contributed by atoms with van der Waals surface area (Å²) in [6, 6.07) is -0.0966. The third-order valence-corrected chi connectivity index (χ3v) is 4.54. The van der Waals surface area contributed by atoms with E-state index in [-0.39, 0.29) is 29.7 Å². The summed E-state index contributed by atoms with van der Waals surface area (Å²) in [5.74, 6) is 3.06. The summed E-state index contributed by atoms with van der Waals surface area (Å²) in [7, 11) is 0. The fourth-order valence-electron chi connectivity index (χ4n) is 3.40. The number of terminal acetylenes is 1. The molecule has 98 valence electrons. The summed E-state index contributed by atoms with van der Waals surface area (Å²) in [5, 5.41) is 0. The maximum Gasteiger partial charge on any atom is 0.233 e. The van der Waals surface area contributed by atoms with E-state index in [0.29, 0.717) is 12.3 Å². The molecule has 1 aliphatic heterocycles. The monoisotopic (exact) mass is 247 g/mol. The molecule has 2 amide bonds. The number of fused-ring (bicyclic) bond motifs is 1. The Morgan fingerprint density at radius 3 is 2.22 bits per heavy atom. The quantitative estimate of drug-likeness (QED) is 0.564. The van der Waals surface area contributed by atoms with Gasteiger partial charge >= 0.3 is 0 Å². The predicted molar refractivity (Wildman–Crippen MR) is 69.4 cm³/mol. The number of hydrogen-bond donors (Lipinski definition) is 0. The predicted octanol–water partition coefficient (Wildman–Crippen LogP) is 2.21. The Hall–Kier alpha value is -1.30. The third-order valence-electron chi connectivity index (χ3n) is 4.54. The molecule has 0 aromatic rings. The number of likely N-dealkylation sites (tertiary alicyclic amines) is 1. The van der Waals surface area contributed by atoms with Crippen LogP contribution in [-0.2, 0) is 9.59 Å². The smallest absolute Gasteiger partial charge is 0.233 e. The van der Waals surface area contributed by atoms with Crippen LogP contribution < -0.4 is 0 Å². The lowest BCUT2D eigenvalue weighted by Gasteiger charge is -2.25. The third kappa shape index (κ3) is 1.94. The van der Waals surface area contributed by atoms with Crippen molar-refractivity contribution >= 4 is 11.8 Å². The van der Waals surface area contributed by atoms with Crippen molar-refractivity contribution in [1.29, 1.82) is 0 Å². The van der Waals surface area contributed by atoms with E-state index in [1.807, 2.05) is 6.92 Å². The maximum atomic E-state index is 12.4. The molecular weight excluding hydrogens is 226 g/mol. The maximum absolute atomic E-state index is 12.4. The number of carbonyl (C=O) groups excluding carboxylic acids is 2. The first-order chi connectivity index (χ1) is 8.63. The van der Waals surface area contributed by atoms with Gasteiger partial charge in [0.25, 0.3) is 0 Å². The second-order valence-electron chi connectivity index (χ2n) is 5.48. The molecule has 3 unspecified atom stereocenters. The molecule has 1 saturated heterocycles. The van der Waals surface area contributed by atoms with Gasteiger partial charge in [0, 0.05) is 6.42 Å². The van der Waals surface area contributed by atoms with Crippen LogP contribution in [-0.4, -0.2) is 22.8 Å². The number of amides is 2. The Bertz CT molecular complexity index is 372. The Labute approximate surface area is 109 Å². The van der Waals surface area contributed by atoms with Gasteiger partial charge in [-0.05, 0) is 25.2 Å². The van der Waals surface area contributed by atoms with Gasteiger partial charge in [0.1, 0.15) is 0 Å². The van der Waals surface area contributed by atoms with Crippen LogP contribution in [0.3, 0.4) is 0 Å². The Balaban J connectivity index is 2.16. The summed E-state index contributed by atoms with van der Waals surface area (Å²) in [6.45, 7) is 4.11. The van der Waals surface area contributed by atoms with Crippen LogP contribution in [0.2, 0.25) is 0 Å². The summed E-state index contributed by atoms with van der Waals surface area (Å²) >= 11 is 0. The van der Waals surface area contributed by atoms with Crippen molar-refractivity contribution in [3.63, 3.8) is 0 Å². The van der Waals surface area contributed by atoms with Gasteiger partial charge in [-0.2, -0.15) is 0 Å². The van der Waals surface area contributed by atoms with E-state index in [4.69, 9.17) is 6.42 Å². The molecule has 0 radical (unpaired) electrons. The van der Waals surface area contributed by atoms with E-state index in [1.54, 1.807) is 0 Å². The molecule has 2 fully saturated rings. The van der Waals surface area contributed by atoms with E-state index >= 15 is 0 Å². The van der Waals surface area contributed by atoms with E-state index in [1.165, 1.54) is 4.90 Å². The average molecular weight is 247 g/mol. The first-order valence-electron chi connectivity index (χ1n) is 6.94. The minimum Gasteiger partial charge on any atom is -0.278 e. The lowest BCUT2D eigenvalue weighted by atomic mass is 10.00. The minimum atomic E-state index is -0.0966. The SMILES string of the molecule is C#CCC(CC)N1C(=O)C2CC(CC)CC2C1=O. The fourth-order valence-corrected chi connectivity index (χ4v) is 3.40. The van der Waals surface area contributed by atoms with Crippen molar-refractivity contribution < 1.29 is 9.59 Å². The lowest BCUT2D eigenvalue weighted by molar-refractivity contribution is -0.143. The van der Waals surface area contributed by atoms with Crippen LogP contribution in [0.5, 0.6) is 0 Å². The second-order valence-corrected chi connectivity index (χ2v) is 5.48. The standard InChI is InChI=1S/C15H21NO2/c1-4-7-11(6-3)16-14(17)12-8-10(5-2)9-13(12)15(16)18/h1,10-13H,5-9H2,2-3H3. The van der Waals surface area contributed by atoms with Crippen LogP contribution in [0.15, 0.2) is 0 Å². The summed E-state index contributed by atoms with van der Waals surface area (Å²) in [6.07, 6.45) is 9.38. The van der Waals surface area contributed by atoms with Gasteiger partial charge in [-0.25, -0.2) is 0 Å². The van der Waals surface area contributed by atoms with Gasteiger partial charge < -0.3 is 0 Å². The molecule has 1 saturated carbocycles. The van der Waals surface area contributed by atoms with Gasteiger partial charge in [0.05, 0.1) is 17.9 Å². The molecule has 0 N–H and O–H groups in total.